The number of rotatable bonds is 22. The number of urea groups is 1. The lowest BCUT2D eigenvalue weighted by Crippen LogP contribution is -2.46. The smallest absolute Gasteiger partial charge is 0.407 e. The Morgan fingerprint density at radius 3 is 2.16 bits per heavy atom. The molecule has 0 radical (unpaired) electrons. The van der Waals surface area contributed by atoms with Crippen molar-refractivity contribution in [2.45, 2.75) is 162 Å². The quantitative estimate of drug-likeness (QED) is 0.0968. The Balaban J connectivity index is 1.74. The fourth-order valence-electron chi connectivity index (χ4n) is 6.43. The summed E-state index contributed by atoms with van der Waals surface area (Å²) in [5.74, 6) is 0.560. The van der Waals surface area contributed by atoms with E-state index in [2.05, 4.69) is 46.7 Å². The minimum Gasteiger partial charge on any atom is -0.449 e. The van der Waals surface area contributed by atoms with Crippen LogP contribution in [0.4, 0.5) is 15.5 Å². The standard InChI is InChI=1S/C35H63N5O4/c1-5-7-9-11-13-14-16-18-21-29(20-17-15-12-10-8-6-2)26-44-34(43)38-30-22-19-23-35(4,25-30)27-36-33(42)40-32-37-28(3)24-31(41)39-32/h24,29-30H,5-23,25-27H2,1-4H3,(H,38,43)(H3,36,37,39,40,41,42). The van der Waals surface area contributed by atoms with Crippen molar-refractivity contribution in [2.75, 3.05) is 18.5 Å². The molecule has 9 nitrogen and oxygen atoms in total. The number of aromatic nitrogens is 2. The second kappa shape index (κ2) is 22.0. The van der Waals surface area contributed by atoms with E-state index < -0.39 is 6.03 Å². The van der Waals surface area contributed by atoms with Crippen molar-refractivity contribution in [3.63, 3.8) is 0 Å². The van der Waals surface area contributed by atoms with Crippen molar-refractivity contribution in [3.05, 3.63) is 22.1 Å². The maximum Gasteiger partial charge on any atom is 0.407 e. The lowest BCUT2D eigenvalue weighted by Gasteiger charge is -2.38. The average molecular weight is 618 g/mol. The molecule has 3 amide bonds. The van der Waals surface area contributed by atoms with Crippen molar-refractivity contribution < 1.29 is 14.3 Å². The van der Waals surface area contributed by atoms with Crippen LogP contribution >= 0.6 is 0 Å². The monoisotopic (exact) mass is 617 g/mol. The molecule has 9 heteroatoms. The topological polar surface area (TPSA) is 125 Å². The van der Waals surface area contributed by atoms with E-state index in [-0.39, 0.29) is 29.1 Å². The molecule has 3 atom stereocenters. The molecule has 252 valence electrons. The van der Waals surface area contributed by atoms with E-state index in [1.54, 1.807) is 6.92 Å². The number of ether oxygens (including phenoxy) is 1. The molecule has 4 N–H and O–H groups in total. The number of nitrogens with zero attached hydrogens (tertiary/aromatic N) is 1. The van der Waals surface area contributed by atoms with Gasteiger partial charge in [0.25, 0.3) is 5.56 Å². The van der Waals surface area contributed by atoms with Gasteiger partial charge >= 0.3 is 12.1 Å². The highest BCUT2D eigenvalue weighted by Crippen LogP contribution is 2.35. The molecule has 1 aromatic rings. The molecule has 44 heavy (non-hydrogen) atoms. The molecule has 1 aliphatic carbocycles. The number of anilines is 1. The highest BCUT2D eigenvalue weighted by Gasteiger charge is 2.33. The van der Waals surface area contributed by atoms with E-state index in [1.807, 2.05) is 0 Å². The number of nitrogens with one attached hydrogen (secondary N) is 4. The first-order valence-electron chi connectivity index (χ1n) is 17.8. The Morgan fingerprint density at radius 1 is 0.977 bits per heavy atom. The molecular weight excluding hydrogens is 554 g/mol. The lowest BCUT2D eigenvalue weighted by molar-refractivity contribution is 0.106. The fourth-order valence-corrected chi connectivity index (χ4v) is 6.43. The van der Waals surface area contributed by atoms with Gasteiger partial charge in [-0.2, -0.15) is 0 Å². The minimum atomic E-state index is -0.414. The van der Waals surface area contributed by atoms with E-state index in [1.165, 1.54) is 96.0 Å². The zero-order valence-electron chi connectivity index (χ0n) is 28.4. The van der Waals surface area contributed by atoms with Gasteiger partial charge in [0.1, 0.15) is 0 Å². The molecule has 1 heterocycles. The largest absolute Gasteiger partial charge is 0.449 e. The number of aryl methyl sites for hydroxylation is 1. The van der Waals surface area contributed by atoms with Gasteiger partial charge in [-0.05, 0) is 50.4 Å². The molecule has 1 aliphatic rings. The molecule has 1 fully saturated rings. The molecule has 0 aromatic carbocycles. The first-order chi connectivity index (χ1) is 21.2. The van der Waals surface area contributed by atoms with Crippen LogP contribution in [0.25, 0.3) is 0 Å². The Labute approximate surface area is 266 Å². The second-order valence-corrected chi connectivity index (χ2v) is 13.6. The van der Waals surface area contributed by atoms with Gasteiger partial charge < -0.3 is 15.4 Å². The normalized spacial score (nSPS) is 18.9. The van der Waals surface area contributed by atoms with E-state index in [9.17, 15) is 14.4 Å². The van der Waals surface area contributed by atoms with Gasteiger partial charge in [0.05, 0.1) is 6.61 Å². The summed E-state index contributed by atoms with van der Waals surface area (Å²) >= 11 is 0. The van der Waals surface area contributed by atoms with Crippen LogP contribution in [0.3, 0.4) is 0 Å². The first kappa shape index (κ1) is 37.6. The minimum absolute atomic E-state index is 0.0191. The highest BCUT2D eigenvalue weighted by molar-refractivity contribution is 5.87. The van der Waals surface area contributed by atoms with Gasteiger partial charge in [-0.25, -0.2) is 14.6 Å². The van der Waals surface area contributed by atoms with E-state index in [0.29, 0.717) is 24.8 Å². The van der Waals surface area contributed by atoms with Crippen LogP contribution in [0, 0.1) is 18.3 Å². The first-order valence-corrected chi connectivity index (χ1v) is 17.8. The molecule has 0 spiro atoms. The van der Waals surface area contributed by atoms with Crippen molar-refractivity contribution in [1.82, 2.24) is 20.6 Å². The number of amides is 3. The fraction of sp³-hybridized carbons (Fsp3) is 0.829. The summed E-state index contributed by atoms with van der Waals surface area (Å²) < 4.78 is 5.81. The van der Waals surface area contributed by atoms with Gasteiger partial charge in [0.2, 0.25) is 5.95 Å². The summed E-state index contributed by atoms with van der Waals surface area (Å²) in [5.41, 5.74) is 0.0680. The number of alkyl carbamates (subject to hydrolysis) is 1. The molecule has 0 bridgehead atoms. The number of hydrogen-bond donors (Lipinski definition) is 4. The van der Waals surface area contributed by atoms with Gasteiger partial charge in [-0.15, -0.1) is 0 Å². The third-order valence-electron chi connectivity index (χ3n) is 9.05. The van der Waals surface area contributed by atoms with Crippen LogP contribution in [-0.4, -0.2) is 41.3 Å². The SMILES string of the molecule is CCCCCCCCCCC(CCCCCCCC)COC(=O)NC1CCCC(C)(CNC(=O)Nc2nc(C)cc(=O)[nH]2)C1. The summed E-state index contributed by atoms with van der Waals surface area (Å²) in [5, 5.41) is 8.64. The Morgan fingerprint density at radius 2 is 1.57 bits per heavy atom. The Bertz CT molecular complexity index is 1000. The molecule has 1 aromatic heterocycles. The average Bonchev–Trinajstić information content (AvgIpc) is 2.97. The Hall–Kier alpha value is -2.58. The van der Waals surface area contributed by atoms with Crippen LogP contribution < -0.4 is 21.5 Å². The Kier molecular flexibility index (Phi) is 18.8. The van der Waals surface area contributed by atoms with Crippen LogP contribution in [0.1, 0.15) is 155 Å². The summed E-state index contributed by atoms with van der Waals surface area (Å²) in [6, 6.07) is 0.977. The summed E-state index contributed by atoms with van der Waals surface area (Å²) in [4.78, 5) is 43.6. The molecular formula is C35H63N5O4. The van der Waals surface area contributed by atoms with Crippen LogP contribution in [0.2, 0.25) is 0 Å². The maximum atomic E-state index is 12.9. The summed E-state index contributed by atoms with van der Waals surface area (Å²) in [7, 11) is 0. The maximum absolute atomic E-state index is 12.9. The van der Waals surface area contributed by atoms with Gasteiger partial charge in [0, 0.05) is 24.3 Å². The predicted octanol–water partition coefficient (Wildman–Crippen LogP) is 8.77. The third kappa shape index (κ3) is 17.0. The zero-order chi connectivity index (χ0) is 32.0. The number of hydrogen-bond acceptors (Lipinski definition) is 5. The summed E-state index contributed by atoms with van der Waals surface area (Å²) in [6.45, 7) is 9.31. The number of carbonyl (C=O) groups excluding carboxylic acids is 2. The van der Waals surface area contributed by atoms with Crippen LogP contribution in [-0.2, 0) is 4.74 Å². The molecule has 0 saturated heterocycles. The van der Waals surface area contributed by atoms with E-state index in [0.717, 1.165) is 38.5 Å². The molecule has 3 unspecified atom stereocenters. The lowest BCUT2D eigenvalue weighted by atomic mass is 9.73. The van der Waals surface area contributed by atoms with Gasteiger partial charge in [-0.3, -0.25) is 15.1 Å². The van der Waals surface area contributed by atoms with Gasteiger partial charge in [-0.1, -0.05) is 117 Å². The predicted molar refractivity (Wildman–Crippen MR) is 180 cm³/mol. The van der Waals surface area contributed by atoms with E-state index >= 15 is 0 Å². The second-order valence-electron chi connectivity index (χ2n) is 13.6. The summed E-state index contributed by atoms with van der Waals surface area (Å²) in [6.07, 6.45) is 23.8. The number of H-pyrrole nitrogens is 1. The third-order valence-corrected chi connectivity index (χ3v) is 9.05. The molecule has 1 saturated carbocycles. The van der Waals surface area contributed by atoms with Crippen LogP contribution in [0.5, 0.6) is 0 Å². The van der Waals surface area contributed by atoms with Crippen molar-refractivity contribution in [1.29, 1.82) is 0 Å². The van der Waals surface area contributed by atoms with Crippen molar-refractivity contribution >= 4 is 18.1 Å². The number of unbranched alkanes of at least 4 members (excludes halogenated alkanes) is 12. The number of carbonyl (C=O) groups is 2. The van der Waals surface area contributed by atoms with E-state index in [4.69, 9.17) is 4.74 Å². The zero-order valence-corrected chi connectivity index (χ0v) is 28.4. The highest BCUT2D eigenvalue weighted by atomic mass is 16.5. The molecule has 0 aliphatic heterocycles. The van der Waals surface area contributed by atoms with Crippen molar-refractivity contribution in [2.24, 2.45) is 11.3 Å². The molecule has 2 rings (SSSR count). The number of aromatic amines is 1. The van der Waals surface area contributed by atoms with Crippen molar-refractivity contribution in [3.8, 4) is 0 Å². The van der Waals surface area contributed by atoms with Gasteiger partial charge in [0.15, 0.2) is 0 Å². The van der Waals surface area contributed by atoms with Crippen LogP contribution in [0.15, 0.2) is 10.9 Å².